The first kappa shape index (κ1) is 10.7. The third kappa shape index (κ3) is 2.85. The van der Waals surface area contributed by atoms with Crippen molar-refractivity contribution >= 4 is 23.2 Å². The zero-order valence-electron chi connectivity index (χ0n) is 7.69. The van der Waals surface area contributed by atoms with Crippen molar-refractivity contribution in [2.75, 3.05) is 6.54 Å². The maximum atomic E-state index is 11.3. The zero-order chi connectivity index (χ0) is 10.6. The molecule has 1 amide bonds. The summed E-state index contributed by atoms with van der Waals surface area (Å²) in [6.45, 7) is 1.71. The molecule has 5 heteroatoms. The third-order valence-corrected chi connectivity index (χ3v) is 2.46. The molecule has 14 heavy (non-hydrogen) atoms. The Bertz CT molecular complexity index is 321. The Morgan fingerprint density at radius 1 is 1.64 bits per heavy atom. The first-order chi connectivity index (χ1) is 6.61. The molecule has 0 fully saturated rings. The average Bonchev–Trinajstić information content (AvgIpc) is 2.66. The second kappa shape index (κ2) is 4.76. The highest BCUT2D eigenvalue weighted by atomic mass is 32.1. The number of aliphatic carboxylic acids is 1. The van der Waals surface area contributed by atoms with Crippen molar-refractivity contribution < 1.29 is 14.7 Å². The van der Waals surface area contributed by atoms with Crippen molar-refractivity contribution in [1.29, 1.82) is 0 Å². The van der Waals surface area contributed by atoms with Crippen molar-refractivity contribution in [3.05, 3.63) is 22.4 Å². The van der Waals surface area contributed by atoms with Gasteiger partial charge in [-0.2, -0.15) is 11.3 Å². The van der Waals surface area contributed by atoms with Gasteiger partial charge in [-0.05, 0) is 11.4 Å². The fraction of sp³-hybridized carbons (Fsp3) is 0.333. The van der Waals surface area contributed by atoms with Crippen LogP contribution in [0.2, 0.25) is 0 Å². The molecular formula is C9H11NO3S. The molecule has 76 valence electrons. The van der Waals surface area contributed by atoms with Crippen molar-refractivity contribution in [2.45, 2.75) is 6.92 Å². The minimum atomic E-state index is -0.907. The largest absolute Gasteiger partial charge is 0.481 e. The summed E-state index contributed by atoms with van der Waals surface area (Å²) in [7, 11) is 0. The molecule has 0 aromatic carbocycles. The summed E-state index contributed by atoms with van der Waals surface area (Å²) < 4.78 is 0. The third-order valence-electron chi connectivity index (χ3n) is 1.77. The van der Waals surface area contributed by atoms with Crippen LogP contribution in [0.15, 0.2) is 16.8 Å². The Labute approximate surface area is 85.6 Å². The fourth-order valence-corrected chi connectivity index (χ4v) is 1.46. The van der Waals surface area contributed by atoms with E-state index in [0.717, 1.165) is 0 Å². The minimum Gasteiger partial charge on any atom is -0.481 e. The number of carboxylic acids is 1. The van der Waals surface area contributed by atoms with Crippen LogP contribution in [0.1, 0.15) is 17.3 Å². The molecule has 0 spiro atoms. The van der Waals surface area contributed by atoms with Gasteiger partial charge in [0.1, 0.15) is 0 Å². The number of amides is 1. The fourth-order valence-electron chi connectivity index (χ4n) is 0.829. The normalized spacial score (nSPS) is 12.1. The van der Waals surface area contributed by atoms with Gasteiger partial charge >= 0.3 is 5.97 Å². The van der Waals surface area contributed by atoms with Crippen LogP contribution < -0.4 is 5.32 Å². The molecule has 0 aliphatic heterocycles. The van der Waals surface area contributed by atoms with E-state index in [9.17, 15) is 9.59 Å². The molecule has 0 saturated carbocycles. The SMILES string of the molecule is CC(CNC(=O)c1ccsc1)C(=O)O. The van der Waals surface area contributed by atoms with Gasteiger partial charge in [0.2, 0.25) is 0 Å². The first-order valence-electron chi connectivity index (χ1n) is 4.14. The van der Waals surface area contributed by atoms with Gasteiger partial charge in [-0.1, -0.05) is 6.92 Å². The van der Waals surface area contributed by atoms with Gasteiger partial charge in [0.25, 0.3) is 5.91 Å². The van der Waals surface area contributed by atoms with E-state index in [-0.39, 0.29) is 12.5 Å². The lowest BCUT2D eigenvalue weighted by atomic mass is 10.2. The van der Waals surface area contributed by atoms with Crippen LogP contribution in [0.3, 0.4) is 0 Å². The Morgan fingerprint density at radius 2 is 2.36 bits per heavy atom. The number of nitrogens with one attached hydrogen (secondary N) is 1. The molecule has 0 radical (unpaired) electrons. The smallest absolute Gasteiger partial charge is 0.308 e. The van der Waals surface area contributed by atoms with Crippen LogP contribution in [0.5, 0.6) is 0 Å². The van der Waals surface area contributed by atoms with E-state index in [1.54, 1.807) is 23.8 Å². The second-order valence-corrected chi connectivity index (χ2v) is 3.74. The Kier molecular flexibility index (Phi) is 3.64. The molecule has 0 aliphatic rings. The summed E-state index contributed by atoms with van der Waals surface area (Å²) in [4.78, 5) is 21.8. The maximum Gasteiger partial charge on any atom is 0.308 e. The van der Waals surface area contributed by atoms with E-state index >= 15 is 0 Å². The number of carbonyl (C=O) groups excluding carboxylic acids is 1. The lowest BCUT2D eigenvalue weighted by Gasteiger charge is -2.06. The molecule has 2 N–H and O–H groups in total. The summed E-state index contributed by atoms with van der Waals surface area (Å²) in [5.41, 5.74) is 0.576. The summed E-state index contributed by atoms with van der Waals surface area (Å²) in [5.74, 6) is -1.69. The van der Waals surface area contributed by atoms with Crippen LogP contribution in [-0.4, -0.2) is 23.5 Å². The van der Waals surface area contributed by atoms with Crippen LogP contribution in [0.4, 0.5) is 0 Å². The Balaban J connectivity index is 2.40. The lowest BCUT2D eigenvalue weighted by molar-refractivity contribution is -0.140. The molecule has 0 bridgehead atoms. The molecule has 1 atom stereocenters. The zero-order valence-corrected chi connectivity index (χ0v) is 8.50. The highest BCUT2D eigenvalue weighted by Gasteiger charge is 2.12. The number of rotatable bonds is 4. The molecule has 0 saturated heterocycles. The van der Waals surface area contributed by atoms with Crippen molar-refractivity contribution in [2.24, 2.45) is 5.92 Å². The summed E-state index contributed by atoms with van der Waals surface area (Å²) >= 11 is 1.43. The quantitative estimate of drug-likeness (QED) is 0.789. The molecule has 1 rings (SSSR count). The van der Waals surface area contributed by atoms with Gasteiger partial charge in [0, 0.05) is 17.5 Å². The molecule has 1 heterocycles. The van der Waals surface area contributed by atoms with Crippen LogP contribution >= 0.6 is 11.3 Å². The highest BCUT2D eigenvalue weighted by molar-refractivity contribution is 7.08. The van der Waals surface area contributed by atoms with Gasteiger partial charge in [0.15, 0.2) is 0 Å². The predicted octanol–water partition coefficient (Wildman–Crippen LogP) is 1.20. The number of hydrogen-bond donors (Lipinski definition) is 2. The Hall–Kier alpha value is -1.36. The number of hydrogen-bond acceptors (Lipinski definition) is 3. The van der Waals surface area contributed by atoms with Crippen molar-refractivity contribution in [3.8, 4) is 0 Å². The molecule has 0 aliphatic carbocycles. The van der Waals surface area contributed by atoms with Crippen LogP contribution in [0.25, 0.3) is 0 Å². The molecule has 1 aromatic heterocycles. The second-order valence-electron chi connectivity index (χ2n) is 2.96. The topological polar surface area (TPSA) is 66.4 Å². The Morgan fingerprint density at radius 3 is 2.86 bits per heavy atom. The summed E-state index contributed by atoms with van der Waals surface area (Å²) in [5, 5.41) is 14.7. The summed E-state index contributed by atoms with van der Waals surface area (Å²) in [6.07, 6.45) is 0. The molecule has 4 nitrogen and oxygen atoms in total. The van der Waals surface area contributed by atoms with E-state index < -0.39 is 11.9 Å². The average molecular weight is 213 g/mol. The standard InChI is InChI=1S/C9H11NO3S/c1-6(9(12)13)4-10-8(11)7-2-3-14-5-7/h2-3,5-6H,4H2,1H3,(H,10,11)(H,12,13). The van der Waals surface area contributed by atoms with E-state index in [0.29, 0.717) is 5.56 Å². The first-order valence-corrected chi connectivity index (χ1v) is 5.08. The van der Waals surface area contributed by atoms with Gasteiger partial charge in [0.05, 0.1) is 5.92 Å². The maximum absolute atomic E-state index is 11.3. The number of thiophene rings is 1. The summed E-state index contributed by atoms with van der Waals surface area (Å²) in [6, 6.07) is 1.70. The lowest BCUT2D eigenvalue weighted by Crippen LogP contribution is -2.31. The van der Waals surface area contributed by atoms with Crippen LogP contribution in [-0.2, 0) is 4.79 Å². The van der Waals surface area contributed by atoms with Gasteiger partial charge in [-0.15, -0.1) is 0 Å². The minimum absolute atomic E-state index is 0.157. The molecule has 1 aromatic rings. The van der Waals surface area contributed by atoms with E-state index in [4.69, 9.17) is 5.11 Å². The van der Waals surface area contributed by atoms with Crippen molar-refractivity contribution in [1.82, 2.24) is 5.32 Å². The predicted molar refractivity (Wildman–Crippen MR) is 53.5 cm³/mol. The van der Waals surface area contributed by atoms with Crippen LogP contribution in [0, 0.1) is 5.92 Å². The van der Waals surface area contributed by atoms with E-state index in [1.165, 1.54) is 11.3 Å². The van der Waals surface area contributed by atoms with Gasteiger partial charge in [-0.25, -0.2) is 0 Å². The van der Waals surface area contributed by atoms with E-state index in [1.807, 2.05) is 0 Å². The highest BCUT2D eigenvalue weighted by Crippen LogP contribution is 2.05. The number of carboxylic acid groups (broad SMARTS) is 1. The van der Waals surface area contributed by atoms with Gasteiger partial charge in [-0.3, -0.25) is 9.59 Å². The molecule has 1 unspecified atom stereocenters. The monoisotopic (exact) mass is 213 g/mol. The van der Waals surface area contributed by atoms with Gasteiger partial charge < -0.3 is 10.4 Å². The van der Waals surface area contributed by atoms with E-state index in [2.05, 4.69) is 5.32 Å². The van der Waals surface area contributed by atoms with Crippen molar-refractivity contribution in [3.63, 3.8) is 0 Å². The molecular weight excluding hydrogens is 202 g/mol. The number of carbonyl (C=O) groups is 2.